The van der Waals surface area contributed by atoms with Crippen LogP contribution in [0, 0.1) is 36.0 Å². The maximum Gasteiger partial charge on any atom is 0.246 e. The Bertz CT molecular complexity index is 903. The van der Waals surface area contributed by atoms with Crippen LogP contribution in [0.2, 0.25) is 0 Å². The lowest BCUT2D eigenvalue weighted by atomic mass is 9.49. The molecule has 30 heavy (non-hydrogen) atoms. The molecule has 1 amide bonds. The SMILES string of the molecule is Cc1c(S(=O)(=O)N2CCCC(C(=O)NCC34CC5CC(CC(C5)C3)C4)C2)cnn1C. The van der Waals surface area contributed by atoms with Crippen molar-refractivity contribution in [1.82, 2.24) is 19.4 Å². The molecule has 1 aromatic rings. The van der Waals surface area contributed by atoms with Gasteiger partial charge >= 0.3 is 0 Å². The van der Waals surface area contributed by atoms with Crippen molar-refractivity contribution in [2.75, 3.05) is 19.6 Å². The van der Waals surface area contributed by atoms with Crippen LogP contribution in [0.5, 0.6) is 0 Å². The van der Waals surface area contributed by atoms with E-state index in [-0.39, 0.29) is 23.3 Å². The molecular weight excluding hydrogens is 400 g/mol. The topological polar surface area (TPSA) is 84.3 Å². The van der Waals surface area contributed by atoms with E-state index in [2.05, 4.69) is 10.4 Å². The van der Waals surface area contributed by atoms with Crippen molar-refractivity contribution in [3.05, 3.63) is 11.9 Å². The fraction of sp³-hybridized carbons (Fsp3) is 0.818. The highest BCUT2D eigenvalue weighted by molar-refractivity contribution is 7.89. The number of rotatable bonds is 5. The second kappa shape index (κ2) is 7.33. The third kappa shape index (κ3) is 3.49. The van der Waals surface area contributed by atoms with Gasteiger partial charge in [-0.15, -0.1) is 0 Å². The lowest BCUT2D eigenvalue weighted by molar-refractivity contribution is -0.128. The number of hydrogen-bond donors (Lipinski definition) is 1. The van der Waals surface area contributed by atoms with Gasteiger partial charge in [-0.1, -0.05) is 0 Å². The second-order valence-electron chi connectivity index (χ2n) is 10.6. The number of nitrogens with zero attached hydrogens (tertiary/aromatic N) is 3. The van der Waals surface area contributed by atoms with Crippen LogP contribution >= 0.6 is 0 Å². The molecule has 4 aliphatic carbocycles. The molecule has 1 saturated heterocycles. The number of carbonyl (C=O) groups is 1. The number of nitrogens with one attached hydrogen (secondary N) is 1. The smallest absolute Gasteiger partial charge is 0.246 e. The highest BCUT2D eigenvalue weighted by Gasteiger charge is 2.51. The summed E-state index contributed by atoms with van der Waals surface area (Å²) in [6, 6.07) is 0. The van der Waals surface area contributed by atoms with Crippen LogP contribution < -0.4 is 5.32 Å². The van der Waals surface area contributed by atoms with Gasteiger partial charge in [0.2, 0.25) is 15.9 Å². The summed E-state index contributed by atoms with van der Waals surface area (Å²) in [5, 5.41) is 7.34. The molecule has 0 aromatic carbocycles. The fourth-order valence-electron chi connectivity index (χ4n) is 7.17. The van der Waals surface area contributed by atoms with Crippen LogP contribution in [-0.2, 0) is 21.9 Å². The molecule has 1 aliphatic heterocycles. The molecule has 1 aromatic heterocycles. The van der Waals surface area contributed by atoms with Gasteiger partial charge < -0.3 is 5.32 Å². The van der Waals surface area contributed by atoms with Gasteiger partial charge in [0.05, 0.1) is 17.8 Å². The first-order valence-electron chi connectivity index (χ1n) is 11.5. The average molecular weight is 435 g/mol. The fourth-order valence-corrected chi connectivity index (χ4v) is 8.88. The Morgan fingerprint density at radius 1 is 1.20 bits per heavy atom. The summed E-state index contributed by atoms with van der Waals surface area (Å²) in [5.41, 5.74) is 0.931. The predicted molar refractivity (Wildman–Crippen MR) is 113 cm³/mol. The van der Waals surface area contributed by atoms with Crippen LogP contribution in [0.1, 0.15) is 57.1 Å². The van der Waals surface area contributed by atoms with Crippen LogP contribution in [0.25, 0.3) is 0 Å². The van der Waals surface area contributed by atoms with Crippen molar-refractivity contribution in [3.8, 4) is 0 Å². The minimum atomic E-state index is -3.62. The number of hydrogen-bond acceptors (Lipinski definition) is 4. The van der Waals surface area contributed by atoms with Crippen molar-refractivity contribution in [2.45, 2.75) is 63.2 Å². The van der Waals surface area contributed by atoms with Gasteiger partial charge in [0, 0.05) is 26.7 Å². The third-order valence-electron chi connectivity index (χ3n) is 8.37. The van der Waals surface area contributed by atoms with E-state index in [1.807, 2.05) is 0 Å². The Kier molecular flexibility index (Phi) is 5.01. The van der Waals surface area contributed by atoms with Crippen LogP contribution in [-0.4, -0.2) is 48.0 Å². The normalized spacial score (nSPS) is 36.2. The number of carbonyl (C=O) groups excluding carboxylic acids is 1. The van der Waals surface area contributed by atoms with E-state index in [1.54, 1.807) is 18.7 Å². The molecule has 4 saturated carbocycles. The Labute approximate surface area is 179 Å². The lowest BCUT2D eigenvalue weighted by Crippen LogP contribution is -2.52. The minimum absolute atomic E-state index is 0.0357. The van der Waals surface area contributed by atoms with E-state index in [9.17, 15) is 13.2 Å². The van der Waals surface area contributed by atoms with Gasteiger partial charge in [-0.25, -0.2) is 8.42 Å². The maximum atomic E-state index is 13.1. The standard InChI is InChI=1S/C22H34N4O3S/c1-15-20(12-24-25(15)2)30(28,29)26-5-3-4-19(13-26)21(27)23-14-22-9-16-6-17(10-22)8-18(7-16)11-22/h12,16-19H,3-11,13-14H2,1-2H3,(H,23,27). The number of piperidine rings is 1. The zero-order valence-corrected chi connectivity index (χ0v) is 19.0. The summed E-state index contributed by atoms with van der Waals surface area (Å²) in [6.45, 7) is 3.28. The van der Waals surface area contributed by atoms with E-state index >= 15 is 0 Å². The van der Waals surface area contributed by atoms with Gasteiger partial charge in [-0.2, -0.15) is 9.40 Å². The summed E-state index contributed by atoms with van der Waals surface area (Å²) >= 11 is 0. The molecular formula is C22H34N4O3S. The van der Waals surface area contributed by atoms with Crippen LogP contribution in [0.4, 0.5) is 0 Å². The molecule has 5 fully saturated rings. The molecule has 7 nitrogen and oxygen atoms in total. The number of amides is 1. The third-order valence-corrected chi connectivity index (χ3v) is 10.3. The molecule has 6 rings (SSSR count). The molecule has 0 radical (unpaired) electrons. The quantitative estimate of drug-likeness (QED) is 0.772. The summed E-state index contributed by atoms with van der Waals surface area (Å²) in [6.07, 6.45) is 10.9. The highest BCUT2D eigenvalue weighted by Crippen LogP contribution is 2.59. The van der Waals surface area contributed by atoms with Crippen molar-refractivity contribution in [2.24, 2.45) is 36.1 Å². The van der Waals surface area contributed by atoms with E-state index in [4.69, 9.17) is 0 Å². The van der Waals surface area contributed by atoms with Gasteiger partial charge in [0.25, 0.3) is 0 Å². The van der Waals surface area contributed by atoms with Gasteiger partial charge in [-0.3, -0.25) is 9.48 Å². The molecule has 8 heteroatoms. The zero-order valence-electron chi connectivity index (χ0n) is 18.1. The molecule has 1 atom stereocenters. The van der Waals surface area contributed by atoms with E-state index < -0.39 is 10.0 Å². The van der Waals surface area contributed by atoms with Crippen molar-refractivity contribution >= 4 is 15.9 Å². The molecule has 4 bridgehead atoms. The number of aromatic nitrogens is 2. The molecule has 1 unspecified atom stereocenters. The molecule has 5 aliphatic rings. The van der Waals surface area contributed by atoms with E-state index in [1.165, 1.54) is 49.0 Å². The monoisotopic (exact) mass is 434 g/mol. The van der Waals surface area contributed by atoms with Crippen LogP contribution in [0.15, 0.2) is 11.1 Å². The summed E-state index contributed by atoms with van der Waals surface area (Å²) in [4.78, 5) is 13.3. The zero-order chi connectivity index (χ0) is 21.1. The first-order chi connectivity index (χ1) is 14.3. The molecule has 0 spiro atoms. The summed E-state index contributed by atoms with van der Waals surface area (Å²) in [5.74, 6) is 2.37. The Morgan fingerprint density at radius 3 is 2.40 bits per heavy atom. The molecule has 1 N–H and O–H groups in total. The first kappa shape index (κ1) is 20.5. The Hall–Kier alpha value is -1.41. The maximum absolute atomic E-state index is 13.1. The van der Waals surface area contributed by atoms with Gasteiger partial charge in [0.1, 0.15) is 4.90 Å². The minimum Gasteiger partial charge on any atom is -0.355 e. The van der Waals surface area contributed by atoms with Gasteiger partial charge in [0.15, 0.2) is 0 Å². The van der Waals surface area contributed by atoms with Gasteiger partial charge in [-0.05, 0) is 81.5 Å². The summed E-state index contributed by atoms with van der Waals surface area (Å²) < 4.78 is 29.3. The van der Waals surface area contributed by atoms with Crippen molar-refractivity contribution < 1.29 is 13.2 Å². The summed E-state index contributed by atoms with van der Waals surface area (Å²) in [7, 11) is -1.88. The van der Waals surface area contributed by atoms with E-state index in [0.717, 1.165) is 30.7 Å². The highest BCUT2D eigenvalue weighted by atomic mass is 32.2. The van der Waals surface area contributed by atoms with E-state index in [0.29, 0.717) is 24.1 Å². The average Bonchev–Trinajstić information content (AvgIpc) is 3.04. The van der Waals surface area contributed by atoms with Crippen LogP contribution in [0.3, 0.4) is 0 Å². The Balaban J connectivity index is 1.23. The lowest BCUT2D eigenvalue weighted by Gasteiger charge is -2.57. The number of sulfonamides is 1. The van der Waals surface area contributed by atoms with Crippen molar-refractivity contribution in [1.29, 1.82) is 0 Å². The van der Waals surface area contributed by atoms with Crippen molar-refractivity contribution in [3.63, 3.8) is 0 Å². The first-order valence-corrected chi connectivity index (χ1v) is 13.0. The largest absolute Gasteiger partial charge is 0.355 e. The Morgan fingerprint density at radius 2 is 1.83 bits per heavy atom. The number of aryl methyl sites for hydroxylation is 1. The molecule has 166 valence electrons. The second-order valence-corrected chi connectivity index (χ2v) is 12.5. The predicted octanol–water partition coefficient (Wildman–Crippen LogP) is 2.46. The molecule has 2 heterocycles.